The number of hydrogen-bond donors (Lipinski definition) is 0. The molecule has 1 unspecified atom stereocenters. The van der Waals surface area contributed by atoms with Gasteiger partial charge in [0.15, 0.2) is 0 Å². The number of hydrogen-bond acceptors (Lipinski definition) is 7. The monoisotopic (exact) mass is 366 g/mol. The van der Waals surface area contributed by atoms with Gasteiger partial charge in [-0.25, -0.2) is 0 Å². The van der Waals surface area contributed by atoms with Gasteiger partial charge in [0.05, 0.1) is 18.5 Å². The van der Waals surface area contributed by atoms with E-state index in [1.165, 1.54) is 10.8 Å². The average Bonchev–Trinajstić information content (AvgIpc) is 2.89. The molecule has 1 heterocycles. The van der Waals surface area contributed by atoms with E-state index in [4.69, 9.17) is 8.37 Å². The van der Waals surface area contributed by atoms with E-state index in [0.717, 1.165) is 28.2 Å². The molecule has 5 nitrogen and oxygen atoms in total. The molecule has 0 N–H and O–H groups in total. The summed E-state index contributed by atoms with van der Waals surface area (Å²) >= 11 is 1.55. The fourth-order valence-electron chi connectivity index (χ4n) is 1.53. The Morgan fingerprint density at radius 1 is 1.19 bits per heavy atom. The molecule has 1 aromatic carbocycles. The molecule has 116 valence electrons. The summed E-state index contributed by atoms with van der Waals surface area (Å²) in [4.78, 5) is 0. The zero-order chi connectivity index (χ0) is 15.5. The molecule has 0 saturated heterocycles. The van der Waals surface area contributed by atoms with Crippen molar-refractivity contribution in [3.63, 3.8) is 0 Å². The van der Waals surface area contributed by atoms with Gasteiger partial charge in [-0.2, -0.15) is 12.0 Å². The van der Waals surface area contributed by atoms with Crippen molar-refractivity contribution in [2.24, 2.45) is 0 Å². The lowest BCUT2D eigenvalue weighted by molar-refractivity contribution is 0.344. The zero-order valence-corrected chi connectivity index (χ0v) is 14.8. The minimum Gasteiger partial charge on any atom is -0.497 e. The van der Waals surface area contributed by atoms with Crippen LogP contribution in [0, 0.1) is 0 Å². The quantitative estimate of drug-likeness (QED) is 0.565. The number of benzene rings is 1. The van der Waals surface area contributed by atoms with Gasteiger partial charge in [-0.15, -0.1) is 11.8 Å². The van der Waals surface area contributed by atoms with Crippen molar-refractivity contribution in [1.29, 1.82) is 0 Å². The molecule has 0 amide bonds. The third-order valence-corrected chi connectivity index (χ3v) is 8.55. The Morgan fingerprint density at radius 3 is 2.38 bits per heavy atom. The van der Waals surface area contributed by atoms with Crippen LogP contribution in [0.5, 0.6) is 5.75 Å². The Morgan fingerprint density at radius 2 is 1.86 bits per heavy atom. The van der Waals surface area contributed by atoms with Crippen LogP contribution < -0.4 is 4.74 Å². The Kier molecular flexibility index (Phi) is 5.81. The summed E-state index contributed by atoms with van der Waals surface area (Å²) in [6.45, 7) is 0. The lowest BCUT2D eigenvalue weighted by Crippen LogP contribution is -2.02. The van der Waals surface area contributed by atoms with Crippen molar-refractivity contribution in [1.82, 2.24) is 0 Å². The summed E-state index contributed by atoms with van der Waals surface area (Å²) < 4.78 is 38.2. The highest BCUT2D eigenvalue weighted by Crippen LogP contribution is 2.52. The summed E-state index contributed by atoms with van der Waals surface area (Å²) in [5.41, 5.74) is 1.95. The highest BCUT2D eigenvalue weighted by Gasteiger charge is 2.22. The van der Waals surface area contributed by atoms with Crippen LogP contribution in [-0.2, 0) is 18.2 Å². The van der Waals surface area contributed by atoms with Crippen LogP contribution in [0.1, 0.15) is 5.56 Å². The molecule has 1 aromatic rings. The van der Waals surface area contributed by atoms with E-state index < -0.39 is 20.2 Å². The molecule has 0 aliphatic carbocycles. The smallest absolute Gasteiger partial charge is 0.410 e. The standard InChI is InChI=1S/C12H14O5S4/c1-15-10-6-4-9(5-7-10)11-8-20(19-12(11)18-3)17-21(13,14)16-2/h4-8H,1-3H3. The summed E-state index contributed by atoms with van der Waals surface area (Å²) in [6.07, 6.45) is 1.94. The molecule has 0 saturated carbocycles. The maximum atomic E-state index is 11.4. The van der Waals surface area contributed by atoms with Crippen molar-refractivity contribution in [2.45, 2.75) is 0 Å². The summed E-state index contributed by atoms with van der Waals surface area (Å²) in [6, 6.07) is 7.59. The number of methoxy groups -OCH3 is 1. The van der Waals surface area contributed by atoms with Gasteiger partial charge in [0.2, 0.25) is 0 Å². The molecule has 0 aromatic heterocycles. The summed E-state index contributed by atoms with van der Waals surface area (Å²) in [5.74, 6) is 0.771. The fourth-order valence-corrected chi connectivity index (χ4v) is 7.64. The van der Waals surface area contributed by atoms with E-state index in [2.05, 4.69) is 4.18 Å². The van der Waals surface area contributed by atoms with Crippen LogP contribution in [0.3, 0.4) is 0 Å². The largest absolute Gasteiger partial charge is 0.497 e. The second-order valence-corrected chi connectivity index (χ2v) is 9.32. The third-order valence-electron chi connectivity index (χ3n) is 2.53. The predicted molar refractivity (Wildman–Crippen MR) is 91.7 cm³/mol. The van der Waals surface area contributed by atoms with Gasteiger partial charge in [0.25, 0.3) is 0 Å². The molecule has 9 heteroatoms. The first-order valence-corrected chi connectivity index (χ1v) is 10.8. The van der Waals surface area contributed by atoms with Crippen molar-refractivity contribution < 1.29 is 21.0 Å². The van der Waals surface area contributed by atoms with E-state index >= 15 is 0 Å². The predicted octanol–water partition coefficient (Wildman–Crippen LogP) is 3.28. The Labute approximate surface area is 134 Å². The fraction of sp³-hybridized carbons (Fsp3) is 0.250. The summed E-state index contributed by atoms with van der Waals surface area (Å²) in [7, 11) is -0.803. The van der Waals surface area contributed by atoms with Crippen molar-refractivity contribution in [3.8, 4) is 5.75 Å². The van der Waals surface area contributed by atoms with Gasteiger partial charge in [-0.05, 0) is 34.7 Å². The van der Waals surface area contributed by atoms with Gasteiger partial charge >= 0.3 is 10.4 Å². The number of ether oxygens (including phenoxy) is 1. The molecule has 1 aliphatic heterocycles. The molecule has 21 heavy (non-hydrogen) atoms. The maximum absolute atomic E-state index is 11.4. The van der Waals surface area contributed by atoms with Gasteiger partial charge in [0, 0.05) is 20.7 Å². The molecule has 0 fully saturated rings. The number of allylic oxidation sites excluding steroid dienone is 1. The highest BCUT2D eigenvalue weighted by atomic mass is 33.1. The van der Waals surface area contributed by atoms with Gasteiger partial charge < -0.3 is 4.74 Å². The molecular weight excluding hydrogens is 352 g/mol. The van der Waals surface area contributed by atoms with Crippen LogP contribution in [0.2, 0.25) is 0 Å². The van der Waals surface area contributed by atoms with Crippen molar-refractivity contribution >= 4 is 53.7 Å². The SMILES string of the molecule is COc1ccc(C2=C(SC)SS(OS(=O)(=O)OC)=C2)cc1. The lowest BCUT2D eigenvalue weighted by Gasteiger charge is -2.04. The molecular formula is C12H14O5S4. The van der Waals surface area contributed by atoms with E-state index in [-0.39, 0.29) is 0 Å². The molecule has 2 rings (SSSR count). The Bertz CT molecular complexity index is 676. The molecule has 0 spiro atoms. The molecule has 1 atom stereocenters. The van der Waals surface area contributed by atoms with Crippen molar-refractivity contribution in [3.05, 3.63) is 34.1 Å². The number of rotatable bonds is 6. The molecule has 1 aliphatic rings. The third kappa shape index (κ3) is 4.27. The van der Waals surface area contributed by atoms with E-state index in [0.29, 0.717) is 0 Å². The van der Waals surface area contributed by atoms with Crippen LogP contribution in [0.25, 0.3) is 5.57 Å². The minimum absolute atomic E-state index is 0.771. The Hall–Kier alpha value is -0.450. The topological polar surface area (TPSA) is 61.8 Å². The van der Waals surface area contributed by atoms with E-state index in [9.17, 15) is 8.42 Å². The second-order valence-electron chi connectivity index (χ2n) is 3.74. The first-order valence-electron chi connectivity index (χ1n) is 5.68. The van der Waals surface area contributed by atoms with Gasteiger partial charge in [-0.3, -0.25) is 4.18 Å². The first-order chi connectivity index (χ1) is 9.99. The first kappa shape index (κ1) is 16.9. The van der Waals surface area contributed by atoms with Crippen LogP contribution >= 0.6 is 32.4 Å². The van der Waals surface area contributed by atoms with Crippen LogP contribution in [0.15, 0.2) is 28.5 Å². The van der Waals surface area contributed by atoms with E-state index in [1.807, 2.05) is 30.5 Å². The van der Waals surface area contributed by atoms with E-state index in [1.54, 1.807) is 24.2 Å². The molecule has 0 radical (unpaired) electrons. The Balaban J connectivity index is 2.28. The summed E-state index contributed by atoms with van der Waals surface area (Å²) in [5, 5.41) is 1.80. The molecule has 0 bridgehead atoms. The zero-order valence-electron chi connectivity index (χ0n) is 11.6. The van der Waals surface area contributed by atoms with Crippen LogP contribution in [0.4, 0.5) is 0 Å². The van der Waals surface area contributed by atoms with Crippen LogP contribution in [-0.4, -0.2) is 34.3 Å². The minimum atomic E-state index is -3.95. The van der Waals surface area contributed by atoms with Gasteiger partial charge in [-0.1, -0.05) is 12.1 Å². The normalized spacial score (nSPS) is 18.7. The lowest BCUT2D eigenvalue weighted by atomic mass is 10.1. The number of thioether (sulfide) groups is 1. The highest BCUT2D eigenvalue weighted by molar-refractivity contribution is 8.86. The van der Waals surface area contributed by atoms with Crippen molar-refractivity contribution in [2.75, 3.05) is 20.5 Å². The second kappa shape index (κ2) is 7.21. The van der Waals surface area contributed by atoms with Gasteiger partial charge in [0.1, 0.15) is 5.75 Å². The maximum Gasteiger partial charge on any atom is 0.410 e. The average molecular weight is 367 g/mol.